The van der Waals surface area contributed by atoms with Gasteiger partial charge < -0.3 is 5.73 Å². The second kappa shape index (κ2) is 5.82. The third kappa shape index (κ3) is 2.98. The number of aryl methyl sites for hydroxylation is 1. The zero-order valence-electron chi connectivity index (χ0n) is 10.6. The predicted octanol–water partition coefficient (Wildman–Crippen LogP) is 2.80. The van der Waals surface area contributed by atoms with Gasteiger partial charge in [0.2, 0.25) is 5.95 Å². The van der Waals surface area contributed by atoms with Crippen LogP contribution in [0.25, 0.3) is 11.4 Å². The second-order valence-electron chi connectivity index (χ2n) is 3.74. The Bertz CT molecular complexity index is 525. The molecule has 0 fully saturated rings. The topological polar surface area (TPSA) is 64.7 Å². The highest BCUT2D eigenvalue weighted by atomic mass is 32.2. The smallest absolute Gasteiger partial charge is 0.223 e. The maximum atomic E-state index is 5.68. The first-order valence-electron chi connectivity index (χ1n) is 5.96. The predicted molar refractivity (Wildman–Crippen MR) is 75.5 cm³/mol. The summed E-state index contributed by atoms with van der Waals surface area (Å²) in [4.78, 5) is 13.9. The van der Waals surface area contributed by atoms with Crippen LogP contribution in [-0.2, 0) is 6.42 Å². The minimum Gasteiger partial charge on any atom is -0.368 e. The molecule has 1 heterocycles. The Kier molecular flexibility index (Phi) is 4.15. The molecule has 1 aromatic heterocycles. The molecule has 0 saturated carbocycles. The summed E-state index contributed by atoms with van der Waals surface area (Å²) in [6.45, 7) is 4.14. The average Bonchev–Trinajstić information content (AvgIpc) is 2.39. The van der Waals surface area contributed by atoms with E-state index in [1.165, 1.54) is 4.90 Å². The molecule has 2 aromatic rings. The zero-order chi connectivity index (χ0) is 13.0. The molecule has 5 heteroatoms. The van der Waals surface area contributed by atoms with Crippen LogP contribution < -0.4 is 5.73 Å². The molecule has 0 saturated heterocycles. The zero-order valence-corrected chi connectivity index (χ0v) is 11.4. The van der Waals surface area contributed by atoms with Crippen molar-refractivity contribution in [2.45, 2.75) is 25.2 Å². The highest BCUT2D eigenvalue weighted by Crippen LogP contribution is 2.22. The summed E-state index contributed by atoms with van der Waals surface area (Å²) in [5.41, 5.74) is 6.66. The molecule has 0 radical (unpaired) electrons. The lowest BCUT2D eigenvalue weighted by molar-refractivity contribution is 0.913. The Balaban J connectivity index is 2.33. The van der Waals surface area contributed by atoms with Crippen LogP contribution in [0, 0.1) is 0 Å². The van der Waals surface area contributed by atoms with Crippen LogP contribution >= 0.6 is 11.8 Å². The van der Waals surface area contributed by atoms with Gasteiger partial charge in [0.15, 0.2) is 5.82 Å². The third-order valence-corrected chi connectivity index (χ3v) is 3.33. The number of aromatic nitrogens is 3. The van der Waals surface area contributed by atoms with Gasteiger partial charge in [-0.1, -0.05) is 26.0 Å². The van der Waals surface area contributed by atoms with Crippen molar-refractivity contribution in [3.63, 3.8) is 0 Å². The number of nitrogen functional groups attached to an aromatic ring is 1. The minimum atomic E-state index is 0.281. The first kappa shape index (κ1) is 12.8. The molecule has 2 rings (SSSR count). The number of rotatable bonds is 4. The Hall–Kier alpha value is -1.62. The van der Waals surface area contributed by atoms with Crippen LogP contribution in [0.3, 0.4) is 0 Å². The molecule has 94 valence electrons. The van der Waals surface area contributed by atoms with Gasteiger partial charge in [-0.2, -0.15) is 9.97 Å². The first-order chi connectivity index (χ1) is 8.72. The normalized spacial score (nSPS) is 10.6. The fraction of sp³-hybridized carbons (Fsp3) is 0.308. The molecule has 0 bridgehead atoms. The molecule has 0 unspecified atom stereocenters. The van der Waals surface area contributed by atoms with Gasteiger partial charge in [0.1, 0.15) is 5.82 Å². The number of nitrogens with zero attached hydrogens (tertiary/aromatic N) is 3. The van der Waals surface area contributed by atoms with Crippen LogP contribution in [0.2, 0.25) is 0 Å². The van der Waals surface area contributed by atoms with Gasteiger partial charge in [-0.05, 0) is 17.9 Å². The van der Waals surface area contributed by atoms with Crippen molar-refractivity contribution in [2.75, 3.05) is 11.5 Å². The van der Waals surface area contributed by atoms with E-state index in [9.17, 15) is 0 Å². The maximum absolute atomic E-state index is 5.68. The molecule has 0 aliphatic rings. The monoisotopic (exact) mass is 260 g/mol. The van der Waals surface area contributed by atoms with Gasteiger partial charge in [-0.15, -0.1) is 11.8 Å². The number of thioether (sulfide) groups is 1. The van der Waals surface area contributed by atoms with Crippen molar-refractivity contribution in [1.82, 2.24) is 15.0 Å². The average molecular weight is 260 g/mol. The molecular weight excluding hydrogens is 244 g/mol. The standard InChI is InChI=1S/C13H16N4S/c1-3-11-15-12(17-13(14)16-11)9-5-7-10(8-6-9)18-4-2/h5-8H,3-4H2,1-2H3,(H2,14,15,16,17). The number of nitrogens with two attached hydrogens (primary N) is 1. The molecule has 2 N–H and O–H groups in total. The Labute approximate surface area is 111 Å². The van der Waals surface area contributed by atoms with Gasteiger partial charge in [0.25, 0.3) is 0 Å². The lowest BCUT2D eigenvalue weighted by Crippen LogP contribution is -2.04. The van der Waals surface area contributed by atoms with E-state index in [-0.39, 0.29) is 5.95 Å². The maximum Gasteiger partial charge on any atom is 0.223 e. The van der Waals surface area contributed by atoms with Gasteiger partial charge in [0, 0.05) is 16.9 Å². The van der Waals surface area contributed by atoms with Crippen molar-refractivity contribution in [1.29, 1.82) is 0 Å². The molecule has 0 amide bonds. The van der Waals surface area contributed by atoms with Crippen molar-refractivity contribution in [3.05, 3.63) is 30.1 Å². The summed E-state index contributed by atoms with van der Waals surface area (Å²) in [5.74, 6) is 2.72. The lowest BCUT2D eigenvalue weighted by atomic mass is 10.2. The molecule has 4 nitrogen and oxygen atoms in total. The fourth-order valence-corrected chi connectivity index (χ4v) is 2.25. The number of anilines is 1. The Morgan fingerprint density at radius 2 is 1.78 bits per heavy atom. The second-order valence-corrected chi connectivity index (χ2v) is 5.08. The third-order valence-electron chi connectivity index (χ3n) is 2.44. The van der Waals surface area contributed by atoms with Crippen LogP contribution in [-0.4, -0.2) is 20.7 Å². The molecule has 0 spiro atoms. The molecular formula is C13H16N4S. The summed E-state index contributed by atoms with van der Waals surface area (Å²) in [7, 11) is 0. The van der Waals surface area contributed by atoms with E-state index in [1.54, 1.807) is 0 Å². The lowest BCUT2D eigenvalue weighted by Gasteiger charge is -2.04. The van der Waals surface area contributed by atoms with Crippen molar-refractivity contribution < 1.29 is 0 Å². The number of hydrogen-bond donors (Lipinski definition) is 1. The fourth-order valence-electron chi connectivity index (χ4n) is 1.59. The quantitative estimate of drug-likeness (QED) is 0.856. The van der Waals surface area contributed by atoms with Crippen LogP contribution in [0.5, 0.6) is 0 Å². The van der Waals surface area contributed by atoms with Crippen LogP contribution in [0.1, 0.15) is 19.7 Å². The highest BCUT2D eigenvalue weighted by Gasteiger charge is 2.05. The first-order valence-corrected chi connectivity index (χ1v) is 6.95. The van der Waals surface area contributed by atoms with Gasteiger partial charge in [-0.3, -0.25) is 0 Å². The molecule has 0 aliphatic carbocycles. The minimum absolute atomic E-state index is 0.281. The molecule has 18 heavy (non-hydrogen) atoms. The van der Waals surface area contributed by atoms with E-state index in [1.807, 2.05) is 30.8 Å². The Morgan fingerprint density at radius 3 is 2.39 bits per heavy atom. The Morgan fingerprint density at radius 1 is 1.06 bits per heavy atom. The summed E-state index contributed by atoms with van der Waals surface area (Å²) in [5, 5.41) is 0. The van der Waals surface area contributed by atoms with Gasteiger partial charge >= 0.3 is 0 Å². The summed E-state index contributed by atoms with van der Waals surface area (Å²) >= 11 is 1.81. The van der Waals surface area contributed by atoms with E-state index in [0.717, 1.165) is 23.6 Å². The van der Waals surface area contributed by atoms with Crippen molar-refractivity contribution in [3.8, 4) is 11.4 Å². The van der Waals surface area contributed by atoms with E-state index in [0.29, 0.717) is 5.82 Å². The van der Waals surface area contributed by atoms with E-state index in [2.05, 4.69) is 34.0 Å². The number of benzene rings is 1. The molecule has 1 aromatic carbocycles. The molecule has 0 atom stereocenters. The number of hydrogen-bond acceptors (Lipinski definition) is 5. The molecule has 0 aliphatic heterocycles. The van der Waals surface area contributed by atoms with Crippen LogP contribution in [0.15, 0.2) is 29.2 Å². The van der Waals surface area contributed by atoms with Crippen molar-refractivity contribution >= 4 is 17.7 Å². The SMILES string of the molecule is CCSc1ccc(-c2nc(N)nc(CC)n2)cc1. The summed E-state index contributed by atoms with van der Waals surface area (Å²) in [6.07, 6.45) is 0.753. The highest BCUT2D eigenvalue weighted by molar-refractivity contribution is 7.99. The van der Waals surface area contributed by atoms with Gasteiger partial charge in [0.05, 0.1) is 0 Å². The summed E-state index contributed by atoms with van der Waals surface area (Å²) in [6, 6.07) is 8.20. The largest absolute Gasteiger partial charge is 0.368 e. The van der Waals surface area contributed by atoms with Crippen molar-refractivity contribution in [2.24, 2.45) is 0 Å². The van der Waals surface area contributed by atoms with Gasteiger partial charge in [-0.25, -0.2) is 4.98 Å². The van der Waals surface area contributed by atoms with E-state index in [4.69, 9.17) is 5.73 Å². The van der Waals surface area contributed by atoms with E-state index < -0.39 is 0 Å². The van der Waals surface area contributed by atoms with Crippen LogP contribution in [0.4, 0.5) is 5.95 Å². The van der Waals surface area contributed by atoms with E-state index >= 15 is 0 Å². The summed E-state index contributed by atoms with van der Waals surface area (Å²) < 4.78 is 0.